The van der Waals surface area contributed by atoms with E-state index in [1.54, 1.807) is 0 Å². The molecule has 0 fully saturated rings. The lowest BCUT2D eigenvalue weighted by Gasteiger charge is -2.08. The van der Waals surface area contributed by atoms with Crippen LogP contribution in [0.3, 0.4) is 0 Å². The highest BCUT2D eigenvalue weighted by atomic mass is 16.5. The smallest absolute Gasteiger partial charge is 0.159 e. The summed E-state index contributed by atoms with van der Waals surface area (Å²) < 4.78 is 5.90. The van der Waals surface area contributed by atoms with Crippen LogP contribution in [0.2, 0.25) is 0 Å². The Balaban J connectivity index is 1.59. The van der Waals surface area contributed by atoms with E-state index < -0.39 is 0 Å². The van der Waals surface area contributed by atoms with Crippen LogP contribution in [0.5, 0.6) is 11.5 Å². The van der Waals surface area contributed by atoms with Crippen LogP contribution < -0.4 is 4.74 Å². The van der Waals surface area contributed by atoms with Crippen molar-refractivity contribution >= 4 is 10.8 Å². The Morgan fingerprint density at radius 3 is 2.35 bits per heavy atom. The average molecular weight is 350 g/mol. The van der Waals surface area contributed by atoms with Gasteiger partial charge in [-0.2, -0.15) is 0 Å². The fourth-order valence-electron chi connectivity index (χ4n) is 3.00. The number of aromatic hydroxyl groups is 1. The van der Waals surface area contributed by atoms with Gasteiger partial charge in [0.15, 0.2) is 11.6 Å². The second-order valence-corrected chi connectivity index (χ2v) is 6.60. The normalized spacial score (nSPS) is 11.0. The van der Waals surface area contributed by atoms with Gasteiger partial charge in [0.25, 0.3) is 0 Å². The van der Waals surface area contributed by atoms with Gasteiger partial charge in [0.1, 0.15) is 5.75 Å². The first-order chi connectivity index (χ1) is 12.8. The molecule has 0 aliphatic rings. The molecule has 0 unspecified atom stereocenters. The molecule has 1 heterocycles. The number of aromatic nitrogens is 2. The largest absolute Gasteiger partial charge is 0.505 e. The van der Waals surface area contributed by atoms with Crippen LogP contribution in [-0.4, -0.2) is 21.7 Å². The number of hydrogen-bond donors (Lipinski definition) is 1. The van der Waals surface area contributed by atoms with Crippen molar-refractivity contribution in [1.82, 2.24) is 9.97 Å². The molecule has 0 radical (unpaired) electrons. The molecule has 0 amide bonds. The van der Waals surface area contributed by atoms with E-state index in [-0.39, 0.29) is 5.75 Å². The first-order valence-electron chi connectivity index (χ1n) is 9.44. The minimum atomic E-state index is 0.0710. The molecule has 26 heavy (non-hydrogen) atoms. The lowest BCUT2D eigenvalue weighted by atomic mass is 10.1. The second kappa shape index (κ2) is 9.18. The highest BCUT2D eigenvalue weighted by molar-refractivity contribution is 5.87. The predicted molar refractivity (Wildman–Crippen MR) is 106 cm³/mol. The first-order valence-corrected chi connectivity index (χ1v) is 9.44. The minimum Gasteiger partial charge on any atom is -0.505 e. The fraction of sp³-hybridized carbons (Fsp3) is 0.364. The van der Waals surface area contributed by atoms with Gasteiger partial charge in [-0.05, 0) is 35.4 Å². The van der Waals surface area contributed by atoms with Gasteiger partial charge >= 0.3 is 0 Å². The number of benzene rings is 2. The van der Waals surface area contributed by atoms with Gasteiger partial charge < -0.3 is 9.84 Å². The van der Waals surface area contributed by atoms with Gasteiger partial charge in [0.05, 0.1) is 19.0 Å². The third kappa shape index (κ3) is 4.94. The molecule has 0 atom stereocenters. The maximum Gasteiger partial charge on any atom is 0.159 e. The lowest BCUT2D eigenvalue weighted by molar-refractivity contribution is 0.305. The van der Waals surface area contributed by atoms with E-state index in [9.17, 15) is 5.11 Å². The van der Waals surface area contributed by atoms with E-state index in [4.69, 9.17) is 4.74 Å². The average Bonchev–Trinajstić information content (AvgIpc) is 2.67. The van der Waals surface area contributed by atoms with E-state index >= 15 is 0 Å². The Bertz CT molecular complexity index is 831. The van der Waals surface area contributed by atoms with Crippen molar-refractivity contribution < 1.29 is 9.84 Å². The summed E-state index contributed by atoms with van der Waals surface area (Å²) in [4.78, 5) is 8.33. The second-order valence-electron chi connectivity index (χ2n) is 6.60. The van der Waals surface area contributed by atoms with E-state index in [0.717, 1.165) is 35.1 Å². The number of unbranched alkanes of at least 4 members (excludes halogenated alkanes) is 5. The molecule has 136 valence electrons. The van der Waals surface area contributed by atoms with E-state index in [1.165, 1.54) is 44.5 Å². The third-order valence-electron chi connectivity index (χ3n) is 4.47. The molecule has 4 heteroatoms. The SMILES string of the molecule is CCCCCCCCOc1ccc2cc(-c3ncc(O)cn3)ccc2c1. The molecule has 0 aliphatic heterocycles. The molecule has 0 bridgehead atoms. The maximum atomic E-state index is 9.31. The Morgan fingerprint density at radius 2 is 1.54 bits per heavy atom. The molecule has 2 aromatic carbocycles. The molecule has 1 aromatic heterocycles. The molecule has 0 saturated carbocycles. The molecule has 1 N–H and O–H groups in total. The van der Waals surface area contributed by atoms with Gasteiger partial charge in [0, 0.05) is 5.56 Å². The fourth-order valence-corrected chi connectivity index (χ4v) is 3.00. The van der Waals surface area contributed by atoms with Crippen LogP contribution in [0, 0.1) is 0 Å². The third-order valence-corrected chi connectivity index (χ3v) is 4.47. The quantitative estimate of drug-likeness (QED) is 0.500. The zero-order valence-corrected chi connectivity index (χ0v) is 15.3. The van der Waals surface area contributed by atoms with E-state index in [0.29, 0.717) is 5.82 Å². The van der Waals surface area contributed by atoms with Crippen molar-refractivity contribution in [3.05, 3.63) is 48.8 Å². The Morgan fingerprint density at radius 1 is 0.846 bits per heavy atom. The molecule has 3 aromatic rings. The summed E-state index contributed by atoms with van der Waals surface area (Å²) >= 11 is 0. The van der Waals surface area contributed by atoms with Gasteiger partial charge in [-0.3, -0.25) is 0 Å². The summed E-state index contributed by atoms with van der Waals surface area (Å²) in [6.07, 6.45) is 10.4. The van der Waals surface area contributed by atoms with Crippen molar-refractivity contribution in [2.24, 2.45) is 0 Å². The predicted octanol–water partition coefficient (Wildman–Crippen LogP) is 5.74. The Kier molecular flexibility index (Phi) is 6.42. The molecule has 0 saturated heterocycles. The van der Waals surface area contributed by atoms with Gasteiger partial charge in [0.2, 0.25) is 0 Å². The Labute approximate surface area is 154 Å². The first kappa shape index (κ1) is 18.2. The number of rotatable bonds is 9. The molecule has 3 rings (SSSR count). The number of ether oxygens (including phenoxy) is 1. The van der Waals surface area contributed by atoms with Crippen LogP contribution in [-0.2, 0) is 0 Å². The summed E-state index contributed by atoms with van der Waals surface area (Å²) in [5.74, 6) is 1.59. The van der Waals surface area contributed by atoms with Gasteiger partial charge in [-0.1, -0.05) is 57.2 Å². The van der Waals surface area contributed by atoms with Crippen molar-refractivity contribution in [2.75, 3.05) is 6.61 Å². The van der Waals surface area contributed by atoms with E-state index in [2.05, 4.69) is 41.2 Å². The molecule has 0 aliphatic carbocycles. The molecule has 0 spiro atoms. The zero-order valence-electron chi connectivity index (χ0n) is 15.3. The summed E-state index contributed by atoms with van der Waals surface area (Å²) in [5.41, 5.74) is 0.929. The van der Waals surface area contributed by atoms with Crippen LogP contribution in [0.25, 0.3) is 22.2 Å². The maximum absolute atomic E-state index is 9.31. The highest BCUT2D eigenvalue weighted by Gasteiger charge is 2.04. The summed E-state index contributed by atoms with van der Waals surface area (Å²) in [7, 11) is 0. The lowest BCUT2D eigenvalue weighted by Crippen LogP contribution is -1.97. The van der Waals surface area contributed by atoms with Gasteiger partial charge in [-0.15, -0.1) is 0 Å². The monoisotopic (exact) mass is 350 g/mol. The summed E-state index contributed by atoms with van der Waals surface area (Å²) in [6, 6.07) is 12.3. The number of fused-ring (bicyclic) bond motifs is 1. The topological polar surface area (TPSA) is 55.2 Å². The van der Waals surface area contributed by atoms with Crippen LogP contribution in [0.15, 0.2) is 48.8 Å². The summed E-state index contributed by atoms with van der Waals surface area (Å²) in [5, 5.41) is 11.6. The standard InChI is InChI=1S/C22H26N2O2/c1-2-3-4-5-6-7-12-26-21-11-10-17-13-19(9-8-18(17)14-21)22-23-15-20(25)16-24-22/h8-11,13-16,25H,2-7,12H2,1H3. The molecular weight excluding hydrogens is 324 g/mol. The highest BCUT2D eigenvalue weighted by Crippen LogP contribution is 2.26. The number of nitrogens with zero attached hydrogens (tertiary/aromatic N) is 2. The van der Waals surface area contributed by atoms with Crippen molar-refractivity contribution in [1.29, 1.82) is 0 Å². The van der Waals surface area contributed by atoms with Crippen molar-refractivity contribution in [3.8, 4) is 22.9 Å². The number of hydrogen-bond acceptors (Lipinski definition) is 4. The van der Waals surface area contributed by atoms with Crippen molar-refractivity contribution in [3.63, 3.8) is 0 Å². The molecule has 4 nitrogen and oxygen atoms in total. The summed E-state index contributed by atoms with van der Waals surface area (Å²) in [6.45, 7) is 3.01. The van der Waals surface area contributed by atoms with Crippen LogP contribution >= 0.6 is 0 Å². The van der Waals surface area contributed by atoms with Crippen LogP contribution in [0.1, 0.15) is 45.4 Å². The minimum absolute atomic E-state index is 0.0710. The zero-order chi connectivity index (χ0) is 18.2. The van der Waals surface area contributed by atoms with Crippen LogP contribution in [0.4, 0.5) is 0 Å². The van der Waals surface area contributed by atoms with Crippen molar-refractivity contribution in [2.45, 2.75) is 45.4 Å². The Hall–Kier alpha value is -2.62. The molecular formula is C22H26N2O2. The van der Waals surface area contributed by atoms with E-state index in [1.807, 2.05) is 12.1 Å². The van der Waals surface area contributed by atoms with Gasteiger partial charge in [-0.25, -0.2) is 9.97 Å².